The number of rotatable bonds is 6. The molecule has 6 nitrogen and oxygen atoms in total. The Labute approximate surface area is 200 Å². The first kappa shape index (κ1) is 22.3. The van der Waals surface area contributed by atoms with Crippen LogP contribution < -0.4 is 15.5 Å². The number of carbonyl (C=O) groups is 2. The van der Waals surface area contributed by atoms with Crippen molar-refractivity contribution < 1.29 is 14.0 Å². The minimum atomic E-state index is -0.382. The van der Waals surface area contributed by atoms with Crippen LogP contribution in [0.3, 0.4) is 0 Å². The number of nitrogens with one attached hydrogen (secondary N) is 2. The van der Waals surface area contributed by atoms with Gasteiger partial charge in [-0.1, -0.05) is 24.3 Å². The maximum atomic E-state index is 13.2. The predicted molar refractivity (Wildman–Crippen MR) is 133 cm³/mol. The van der Waals surface area contributed by atoms with E-state index in [1.165, 1.54) is 30.5 Å². The Morgan fingerprint density at radius 2 is 1.88 bits per heavy atom. The van der Waals surface area contributed by atoms with Gasteiger partial charge < -0.3 is 20.0 Å². The molecule has 2 amide bonds. The highest BCUT2D eigenvalue weighted by Gasteiger charge is 2.26. The molecule has 2 aromatic carbocycles. The molecule has 1 aromatic heterocycles. The van der Waals surface area contributed by atoms with E-state index in [1.54, 1.807) is 0 Å². The third kappa shape index (κ3) is 4.72. The zero-order valence-electron chi connectivity index (χ0n) is 19.8. The van der Waals surface area contributed by atoms with E-state index < -0.39 is 0 Å². The molecule has 3 aromatic rings. The van der Waals surface area contributed by atoms with E-state index in [2.05, 4.69) is 40.7 Å². The zero-order valence-corrected chi connectivity index (χ0v) is 19.8. The SMILES string of the molecule is Cc1ccc(C(NC(=O)Cc2ccc3c(c2)NC(=O)C3)c2ccc(C)o2)c(N2CCCCC2)c1. The van der Waals surface area contributed by atoms with Crippen molar-refractivity contribution in [3.05, 3.63) is 82.3 Å². The van der Waals surface area contributed by atoms with Crippen LogP contribution in [0.4, 0.5) is 11.4 Å². The lowest BCUT2D eigenvalue weighted by Crippen LogP contribution is -2.34. The molecule has 2 N–H and O–H groups in total. The van der Waals surface area contributed by atoms with Crippen molar-refractivity contribution >= 4 is 23.2 Å². The molecule has 1 unspecified atom stereocenters. The Kier molecular flexibility index (Phi) is 6.14. The summed E-state index contributed by atoms with van der Waals surface area (Å²) in [6, 6.07) is 15.7. The van der Waals surface area contributed by atoms with Gasteiger partial charge in [0.25, 0.3) is 0 Å². The molecule has 1 fully saturated rings. The Balaban J connectivity index is 1.43. The number of anilines is 2. The summed E-state index contributed by atoms with van der Waals surface area (Å²) in [6.07, 6.45) is 4.24. The number of amides is 2. The van der Waals surface area contributed by atoms with Crippen LogP contribution in [-0.2, 0) is 22.4 Å². The second-order valence-corrected chi connectivity index (χ2v) is 9.45. The van der Waals surface area contributed by atoms with Gasteiger partial charge in [-0.25, -0.2) is 0 Å². The third-order valence-corrected chi connectivity index (χ3v) is 6.71. The normalized spacial score (nSPS) is 16.2. The van der Waals surface area contributed by atoms with E-state index in [0.29, 0.717) is 6.42 Å². The van der Waals surface area contributed by atoms with Gasteiger partial charge in [-0.3, -0.25) is 9.59 Å². The van der Waals surface area contributed by atoms with Crippen LogP contribution in [0.5, 0.6) is 0 Å². The average molecular weight is 458 g/mol. The number of furan rings is 1. The fourth-order valence-corrected chi connectivity index (χ4v) is 4.99. The first-order valence-electron chi connectivity index (χ1n) is 12.1. The molecule has 176 valence electrons. The van der Waals surface area contributed by atoms with E-state index in [9.17, 15) is 9.59 Å². The minimum Gasteiger partial charge on any atom is -0.464 e. The lowest BCUT2D eigenvalue weighted by molar-refractivity contribution is -0.121. The summed E-state index contributed by atoms with van der Waals surface area (Å²) >= 11 is 0. The molecular weight excluding hydrogens is 426 g/mol. The number of piperidine rings is 1. The van der Waals surface area contributed by atoms with Crippen molar-refractivity contribution in [3.8, 4) is 0 Å². The smallest absolute Gasteiger partial charge is 0.228 e. The highest BCUT2D eigenvalue weighted by Crippen LogP contribution is 2.34. The quantitative estimate of drug-likeness (QED) is 0.556. The standard InChI is InChI=1S/C28H31N3O3/c1-18-6-10-22(24(14-18)31-12-4-3-5-13-31)28(25-11-7-19(2)34-25)30-26(32)16-20-8-9-21-17-27(33)29-23(21)15-20/h6-11,14-15,28H,3-5,12-13,16-17H2,1-2H3,(H,29,33)(H,30,32). The highest BCUT2D eigenvalue weighted by atomic mass is 16.3. The van der Waals surface area contributed by atoms with Gasteiger partial charge in [-0.05, 0) is 74.1 Å². The maximum absolute atomic E-state index is 13.2. The summed E-state index contributed by atoms with van der Waals surface area (Å²) in [6.45, 7) is 6.07. The summed E-state index contributed by atoms with van der Waals surface area (Å²) in [5.41, 5.74) is 6.07. The Bertz CT molecular complexity index is 1220. The summed E-state index contributed by atoms with van der Waals surface area (Å²) in [5, 5.41) is 6.10. The Morgan fingerprint density at radius 1 is 1.06 bits per heavy atom. The average Bonchev–Trinajstić information content (AvgIpc) is 3.42. The van der Waals surface area contributed by atoms with E-state index in [-0.39, 0.29) is 24.3 Å². The molecule has 5 rings (SSSR count). The fraction of sp³-hybridized carbons (Fsp3) is 0.357. The van der Waals surface area contributed by atoms with E-state index in [4.69, 9.17) is 4.42 Å². The van der Waals surface area contributed by atoms with Crippen LogP contribution >= 0.6 is 0 Å². The van der Waals surface area contributed by atoms with Crippen LogP contribution in [0.25, 0.3) is 0 Å². The van der Waals surface area contributed by atoms with Crippen molar-refractivity contribution in [2.24, 2.45) is 0 Å². The maximum Gasteiger partial charge on any atom is 0.228 e. The molecule has 0 spiro atoms. The minimum absolute atomic E-state index is 0.00512. The zero-order chi connectivity index (χ0) is 23.7. The van der Waals surface area contributed by atoms with Gasteiger partial charge in [0.05, 0.1) is 12.8 Å². The van der Waals surface area contributed by atoms with Crippen molar-refractivity contribution in [2.45, 2.75) is 52.0 Å². The number of carbonyl (C=O) groups excluding carboxylic acids is 2. The number of fused-ring (bicyclic) bond motifs is 1. The molecule has 1 atom stereocenters. The lowest BCUT2D eigenvalue weighted by Gasteiger charge is -2.32. The fourth-order valence-electron chi connectivity index (χ4n) is 4.99. The first-order valence-corrected chi connectivity index (χ1v) is 12.1. The van der Waals surface area contributed by atoms with Gasteiger partial charge >= 0.3 is 0 Å². The van der Waals surface area contributed by atoms with Crippen LogP contribution in [0.2, 0.25) is 0 Å². The number of hydrogen-bond donors (Lipinski definition) is 2. The number of aryl methyl sites for hydroxylation is 2. The van der Waals surface area contributed by atoms with Crippen molar-refractivity contribution in [2.75, 3.05) is 23.3 Å². The predicted octanol–water partition coefficient (Wildman–Crippen LogP) is 4.83. The Hall–Kier alpha value is -3.54. The monoisotopic (exact) mass is 457 g/mol. The van der Waals surface area contributed by atoms with Gasteiger partial charge in [0.2, 0.25) is 11.8 Å². The Morgan fingerprint density at radius 3 is 2.65 bits per heavy atom. The number of hydrogen-bond acceptors (Lipinski definition) is 4. The van der Waals surface area contributed by atoms with E-state index in [0.717, 1.165) is 47.0 Å². The molecular formula is C28H31N3O3. The molecule has 0 saturated carbocycles. The second-order valence-electron chi connectivity index (χ2n) is 9.45. The lowest BCUT2D eigenvalue weighted by atomic mass is 9.97. The summed E-state index contributed by atoms with van der Waals surface area (Å²) in [5.74, 6) is 1.45. The van der Waals surface area contributed by atoms with Crippen molar-refractivity contribution in [1.82, 2.24) is 5.32 Å². The van der Waals surface area contributed by atoms with Gasteiger partial charge in [0, 0.05) is 30.0 Å². The summed E-state index contributed by atoms with van der Waals surface area (Å²) in [7, 11) is 0. The molecule has 1 saturated heterocycles. The van der Waals surface area contributed by atoms with E-state index in [1.807, 2.05) is 37.3 Å². The van der Waals surface area contributed by atoms with Crippen LogP contribution in [0.15, 0.2) is 52.9 Å². The van der Waals surface area contributed by atoms with Crippen molar-refractivity contribution in [1.29, 1.82) is 0 Å². The summed E-state index contributed by atoms with van der Waals surface area (Å²) < 4.78 is 6.02. The van der Waals surface area contributed by atoms with Gasteiger partial charge in [0.15, 0.2) is 0 Å². The molecule has 0 bridgehead atoms. The summed E-state index contributed by atoms with van der Waals surface area (Å²) in [4.78, 5) is 27.4. The molecule has 3 heterocycles. The molecule has 0 radical (unpaired) electrons. The van der Waals surface area contributed by atoms with Crippen LogP contribution in [-0.4, -0.2) is 24.9 Å². The van der Waals surface area contributed by atoms with E-state index >= 15 is 0 Å². The van der Waals surface area contributed by atoms with Gasteiger partial charge in [0.1, 0.15) is 17.6 Å². The third-order valence-electron chi connectivity index (χ3n) is 6.71. The topological polar surface area (TPSA) is 74.6 Å². The molecule has 6 heteroatoms. The van der Waals surface area contributed by atoms with Crippen molar-refractivity contribution in [3.63, 3.8) is 0 Å². The molecule has 2 aliphatic heterocycles. The van der Waals surface area contributed by atoms with Gasteiger partial charge in [-0.2, -0.15) is 0 Å². The second kappa shape index (κ2) is 9.37. The highest BCUT2D eigenvalue weighted by molar-refractivity contribution is 5.99. The van der Waals surface area contributed by atoms with Crippen LogP contribution in [0, 0.1) is 13.8 Å². The molecule has 0 aliphatic carbocycles. The number of nitrogens with zero attached hydrogens (tertiary/aromatic N) is 1. The number of benzene rings is 2. The molecule has 2 aliphatic rings. The molecule has 34 heavy (non-hydrogen) atoms. The van der Waals surface area contributed by atoms with Gasteiger partial charge in [-0.15, -0.1) is 0 Å². The van der Waals surface area contributed by atoms with Crippen LogP contribution in [0.1, 0.15) is 59.1 Å². The first-order chi connectivity index (χ1) is 16.5. The largest absolute Gasteiger partial charge is 0.464 e.